The predicted octanol–water partition coefficient (Wildman–Crippen LogP) is 3.10. The molecule has 3 nitrogen and oxygen atoms in total. The summed E-state index contributed by atoms with van der Waals surface area (Å²) >= 11 is 0. The van der Waals surface area contributed by atoms with Gasteiger partial charge in [0.15, 0.2) is 0 Å². The lowest BCUT2D eigenvalue weighted by molar-refractivity contribution is 0.245. The molecule has 2 fully saturated rings. The van der Waals surface area contributed by atoms with Crippen molar-refractivity contribution in [1.29, 1.82) is 0 Å². The van der Waals surface area contributed by atoms with Crippen LogP contribution in [0.1, 0.15) is 39.2 Å². The molecule has 0 radical (unpaired) electrons. The predicted molar refractivity (Wildman–Crippen MR) is 81.1 cm³/mol. The Kier molecular flexibility index (Phi) is 3.72. The summed E-state index contributed by atoms with van der Waals surface area (Å²) in [4.78, 5) is 6.98. The molecule has 1 aliphatic heterocycles. The van der Waals surface area contributed by atoms with Crippen molar-refractivity contribution in [2.45, 2.75) is 39.0 Å². The Hall–Kier alpha value is -1.09. The van der Waals surface area contributed by atoms with Crippen molar-refractivity contribution in [3.63, 3.8) is 0 Å². The summed E-state index contributed by atoms with van der Waals surface area (Å²) in [5.74, 6) is 2.81. The van der Waals surface area contributed by atoms with Gasteiger partial charge in [-0.25, -0.2) is 4.98 Å². The van der Waals surface area contributed by atoms with E-state index >= 15 is 0 Å². The molecule has 0 N–H and O–H groups in total. The normalized spacial score (nSPS) is 25.6. The van der Waals surface area contributed by atoms with Crippen LogP contribution in [-0.4, -0.2) is 36.1 Å². The number of piperidine rings is 1. The Balaban J connectivity index is 1.37. The molecule has 2 atom stereocenters. The van der Waals surface area contributed by atoms with Gasteiger partial charge in [0.05, 0.1) is 6.61 Å². The van der Waals surface area contributed by atoms with Gasteiger partial charge in [-0.2, -0.15) is 0 Å². The average molecular weight is 274 g/mol. The van der Waals surface area contributed by atoms with E-state index in [9.17, 15) is 0 Å². The summed E-state index contributed by atoms with van der Waals surface area (Å²) in [5, 5.41) is 0. The fourth-order valence-corrected chi connectivity index (χ4v) is 3.05. The highest BCUT2D eigenvalue weighted by Crippen LogP contribution is 2.44. The third-order valence-electron chi connectivity index (χ3n) is 4.53. The van der Waals surface area contributed by atoms with E-state index in [1.54, 1.807) is 0 Å². The van der Waals surface area contributed by atoms with Crippen molar-refractivity contribution in [2.24, 2.45) is 11.8 Å². The van der Waals surface area contributed by atoms with Crippen LogP contribution in [0.4, 0.5) is 0 Å². The SMILES string of the molecule is CC(C)(C)c1ccc(OCCCN2CC3CC3C2)nc1. The van der Waals surface area contributed by atoms with Crippen molar-refractivity contribution >= 4 is 0 Å². The van der Waals surface area contributed by atoms with E-state index in [4.69, 9.17) is 4.74 Å². The standard InChI is InChI=1S/C17H26N2O/c1-17(2,3)15-5-6-16(18-10-15)20-8-4-7-19-11-13-9-14(13)12-19/h5-6,10,13-14H,4,7-9,11-12H2,1-3H3. The number of fused-ring (bicyclic) bond motifs is 1. The molecule has 2 aliphatic rings. The Bertz CT molecular complexity index is 439. The van der Waals surface area contributed by atoms with Crippen LogP contribution in [0.25, 0.3) is 0 Å². The highest BCUT2D eigenvalue weighted by Gasteiger charge is 2.44. The second kappa shape index (κ2) is 5.36. The van der Waals surface area contributed by atoms with E-state index in [1.807, 2.05) is 12.3 Å². The summed E-state index contributed by atoms with van der Waals surface area (Å²) < 4.78 is 5.73. The van der Waals surface area contributed by atoms with Crippen LogP contribution in [-0.2, 0) is 5.41 Å². The molecular formula is C17H26N2O. The smallest absolute Gasteiger partial charge is 0.213 e. The van der Waals surface area contributed by atoms with Gasteiger partial charge in [0.1, 0.15) is 0 Å². The number of aromatic nitrogens is 1. The Morgan fingerprint density at radius 2 is 2.00 bits per heavy atom. The molecule has 1 aromatic heterocycles. The monoisotopic (exact) mass is 274 g/mol. The second-order valence-corrected chi connectivity index (χ2v) is 7.35. The van der Waals surface area contributed by atoms with Gasteiger partial charge in [0.2, 0.25) is 5.88 Å². The quantitative estimate of drug-likeness (QED) is 0.772. The van der Waals surface area contributed by atoms with E-state index in [-0.39, 0.29) is 5.41 Å². The first-order valence-electron chi connectivity index (χ1n) is 7.84. The number of hydrogen-bond acceptors (Lipinski definition) is 3. The van der Waals surface area contributed by atoms with Crippen molar-refractivity contribution in [3.8, 4) is 5.88 Å². The van der Waals surface area contributed by atoms with E-state index in [2.05, 4.69) is 36.7 Å². The van der Waals surface area contributed by atoms with Crippen molar-refractivity contribution in [2.75, 3.05) is 26.2 Å². The first-order chi connectivity index (χ1) is 9.52. The maximum absolute atomic E-state index is 5.73. The molecule has 20 heavy (non-hydrogen) atoms. The molecule has 3 rings (SSSR count). The van der Waals surface area contributed by atoms with Crippen LogP contribution in [0.15, 0.2) is 18.3 Å². The zero-order valence-electron chi connectivity index (χ0n) is 12.9. The van der Waals surface area contributed by atoms with Gasteiger partial charge >= 0.3 is 0 Å². The van der Waals surface area contributed by atoms with Crippen LogP contribution in [0.5, 0.6) is 5.88 Å². The fraction of sp³-hybridized carbons (Fsp3) is 0.706. The molecule has 0 aromatic carbocycles. The minimum Gasteiger partial charge on any atom is -0.478 e. The first-order valence-corrected chi connectivity index (χ1v) is 7.84. The number of hydrogen-bond donors (Lipinski definition) is 0. The molecule has 2 unspecified atom stereocenters. The summed E-state index contributed by atoms with van der Waals surface area (Å²) in [6, 6.07) is 4.11. The fourth-order valence-electron chi connectivity index (χ4n) is 3.05. The van der Waals surface area contributed by atoms with Gasteiger partial charge in [-0.15, -0.1) is 0 Å². The topological polar surface area (TPSA) is 25.4 Å². The zero-order valence-corrected chi connectivity index (χ0v) is 12.9. The van der Waals surface area contributed by atoms with Gasteiger partial charge in [-0.1, -0.05) is 26.8 Å². The number of ether oxygens (including phenoxy) is 1. The zero-order chi connectivity index (χ0) is 14.2. The molecule has 1 aromatic rings. The number of nitrogens with zero attached hydrogens (tertiary/aromatic N) is 2. The summed E-state index contributed by atoms with van der Waals surface area (Å²) in [6.45, 7) is 11.2. The van der Waals surface area contributed by atoms with E-state index in [0.29, 0.717) is 0 Å². The first kappa shape index (κ1) is 13.9. The third kappa shape index (κ3) is 3.32. The van der Waals surface area contributed by atoms with Gasteiger partial charge in [0.25, 0.3) is 0 Å². The minimum atomic E-state index is 0.155. The molecule has 3 heteroatoms. The van der Waals surface area contributed by atoms with Crippen LogP contribution in [0.3, 0.4) is 0 Å². The number of pyridine rings is 1. The Morgan fingerprint density at radius 1 is 1.25 bits per heavy atom. The molecule has 110 valence electrons. The van der Waals surface area contributed by atoms with Crippen LogP contribution < -0.4 is 4.74 Å². The van der Waals surface area contributed by atoms with E-state index < -0.39 is 0 Å². The van der Waals surface area contributed by atoms with E-state index in [0.717, 1.165) is 30.7 Å². The number of likely N-dealkylation sites (tertiary alicyclic amines) is 1. The van der Waals surface area contributed by atoms with E-state index in [1.165, 1.54) is 31.6 Å². The molecule has 1 saturated heterocycles. The van der Waals surface area contributed by atoms with Crippen molar-refractivity contribution < 1.29 is 4.74 Å². The van der Waals surface area contributed by atoms with Gasteiger partial charge in [0, 0.05) is 31.9 Å². The van der Waals surface area contributed by atoms with Crippen molar-refractivity contribution in [3.05, 3.63) is 23.9 Å². The van der Waals surface area contributed by atoms with Gasteiger partial charge in [-0.05, 0) is 35.7 Å². The summed E-state index contributed by atoms with van der Waals surface area (Å²) in [6.07, 6.45) is 4.52. The molecule has 1 saturated carbocycles. The number of rotatable bonds is 5. The molecular weight excluding hydrogens is 248 g/mol. The summed E-state index contributed by atoms with van der Waals surface area (Å²) in [5.41, 5.74) is 1.41. The van der Waals surface area contributed by atoms with Gasteiger partial charge in [-0.3, -0.25) is 0 Å². The highest BCUT2D eigenvalue weighted by atomic mass is 16.5. The molecule has 2 heterocycles. The average Bonchev–Trinajstić information content (AvgIpc) is 3.01. The maximum Gasteiger partial charge on any atom is 0.213 e. The Labute approximate surface area is 122 Å². The lowest BCUT2D eigenvalue weighted by Gasteiger charge is -2.19. The third-order valence-corrected chi connectivity index (χ3v) is 4.53. The molecule has 0 spiro atoms. The maximum atomic E-state index is 5.73. The molecule has 0 bridgehead atoms. The molecule has 1 aliphatic carbocycles. The summed E-state index contributed by atoms with van der Waals surface area (Å²) in [7, 11) is 0. The van der Waals surface area contributed by atoms with Crippen LogP contribution >= 0.6 is 0 Å². The second-order valence-electron chi connectivity index (χ2n) is 7.35. The van der Waals surface area contributed by atoms with Crippen LogP contribution in [0, 0.1) is 11.8 Å². The molecule has 0 amide bonds. The van der Waals surface area contributed by atoms with Gasteiger partial charge < -0.3 is 9.64 Å². The lowest BCUT2D eigenvalue weighted by atomic mass is 9.88. The minimum absolute atomic E-state index is 0.155. The highest BCUT2D eigenvalue weighted by molar-refractivity contribution is 5.23. The van der Waals surface area contributed by atoms with Crippen molar-refractivity contribution in [1.82, 2.24) is 9.88 Å². The largest absolute Gasteiger partial charge is 0.478 e. The Morgan fingerprint density at radius 3 is 2.60 bits per heavy atom. The lowest BCUT2D eigenvalue weighted by Crippen LogP contribution is -2.25. The van der Waals surface area contributed by atoms with Crippen LogP contribution in [0.2, 0.25) is 0 Å².